The predicted molar refractivity (Wildman–Crippen MR) is 107 cm³/mol. The van der Waals surface area contributed by atoms with Gasteiger partial charge in [-0.2, -0.15) is 5.26 Å². The molecular formula is C20H16ClN3O2S. The largest absolute Gasteiger partial charge is 0.324 e. The fourth-order valence-electron chi connectivity index (χ4n) is 2.79. The van der Waals surface area contributed by atoms with E-state index in [1.165, 1.54) is 0 Å². The van der Waals surface area contributed by atoms with Crippen LogP contribution in [0.25, 0.3) is 0 Å². The third kappa shape index (κ3) is 4.70. The average molecular weight is 398 g/mol. The molecule has 0 saturated carbocycles. The molecular weight excluding hydrogens is 382 g/mol. The smallest absolute Gasteiger partial charge is 0.234 e. The first-order valence-corrected chi connectivity index (χ1v) is 9.61. The summed E-state index contributed by atoms with van der Waals surface area (Å²) in [5.41, 5.74) is 1.90. The molecule has 3 rings (SSSR count). The van der Waals surface area contributed by atoms with Crippen LogP contribution in [0.5, 0.6) is 0 Å². The van der Waals surface area contributed by atoms with Gasteiger partial charge >= 0.3 is 0 Å². The number of amides is 2. The van der Waals surface area contributed by atoms with E-state index in [0.29, 0.717) is 21.3 Å². The number of nitriles is 1. The van der Waals surface area contributed by atoms with Gasteiger partial charge in [-0.15, -0.1) is 0 Å². The topological polar surface area (TPSA) is 82.0 Å². The van der Waals surface area contributed by atoms with Crippen molar-refractivity contribution in [2.45, 2.75) is 12.3 Å². The van der Waals surface area contributed by atoms with Gasteiger partial charge in [-0.3, -0.25) is 9.59 Å². The summed E-state index contributed by atoms with van der Waals surface area (Å²) in [7, 11) is 0. The van der Waals surface area contributed by atoms with Crippen LogP contribution in [-0.2, 0) is 9.59 Å². The number of anilines is 1. The molecule has 2 aromatic carbocycles. The number of carbonyl (C=O) groups excluding carboxylic acids is 2. The lowest BCUT2D eigenvalue weighted by Crippen LogP contribution is -2.31. The van der Waals surface area contributed by atoms with Crippen LogP contribution in [0, 0.1) is 11.3 Å². The third-order valence-corrected chi connectivity index (χ3v) is 5.40. The Morgan fingerprint density at radius 1 is 1.22 bits per heavy atom. The highest BCUT2D eigenvalue weighted by molar-refractivity contribution is 8.03. The van der Waals surface area contributed by atoms with Crippen LogP contribution in [-0.4, -0.2) is 17.6 Å². The number of nitrogens with one attached hydrogen (secondary N) is 2. The summed E-state index contributed by atoms with van der Waals surface area (Å²) in [5.74, 6) is -0.696. The molecule has 1 atom stereocenters. The first kappa shape index (κ1) is 19.0. The van der Waals surface area contributed by atoms with Crippen molar-refractivity contribution in [3.8, 4) is 6.07 Å². The van der Waals surface area contributed by atoms with Crippen molar-refractivity contribution in [2.24, 2.45) is 0 Å². The van der Waals surface area contributed by atoms with Gasteiger partial charge in [0.15, 0.2) is 0 Å². The second kappa shape index (κ2) is 8.76. The molecule has 1 aliphatic rings. The van der Waals surface area contributed by atoms with Crippen LogP contribution >= 0.6 is 23.4 Å². The van der Waals surface area contributed by atoms with Crippen molar-refractivity contribution in [1.82, 2.24) is 5.32 Å². The minimum atomic E-state index is -0.306. The van der Waals surface area contributed by atoms with Crippen LogP contribution in [0.1, 0.15) is 17.9 Å². The molecule has 7 heteroatoms. The number of halogens is 1. The molecule has 0 unspecified atom stereocenters. The zero-order chi connectivity index (χ0) is 19.2. The van der Waals surface area contributed by atoms with Gasteiger partial charge in [-0.05, 0) is 17.7 Å². The van der Waals surface area contributed by atoms with E-state index in [0.717, 1.165) is 17.3 Å². The Hall–Kier alpha value is -2.75. The average Bonchev–Trinajstić information content (AvgIpc) is 2.68. The van der Waals surface area contributed by atoms with E-state index in [2.05, 4.69) is 16.7 Å². The molecule has 27 heavy (non-hydrogen) atoms. The van der Waals surface area contributed by atoms with Gasteiger partial charge < -0.3 is 10.6 Å². The lowest BCUT2D eigenvalue weighted by Gasteiger charge is -2.25. The minimum absolute atomic E-state index is 0.0491. The maximum Gasteiger partial charge on any atom is 0.234 e. The third-order valence-electron chi connectivity index (χ3n) is 4.05. The Kier molecular flexibility index (Phi) is 6.17. The summed E-state index contributed by atoms with van der Waals surface area (Å²) in [4.78, 5) is 24.3. The van der Waals surface area contributed by atoms with Gasteiger partial charge in [0.1, 0.15) is 0 Å². The number of hydrogen-bond acceptors (Lipinski definition) is 4. The second-order valence-corrected chi connectivity index (χ2v) is 7.28. The highest BCUT2D eigenvalue weighted by atomic mass is 35.5. The normalized spacial score (nSPS) is 16.4. The van der Waals surface area contributed by atoms with Gasteiger partial charge in [-0.25, -0.2) is 0 Å². The van der Waals surface area contributed by atoms with Crippen molar-refractivity contribution in [3.05, 3.63) is 75.8 Å². The van der Waals surface area contributed by atoms with Crippen molar-refractivity contribution in [1.29, 1.82) is 5.26 Å². The monoisotopic (exact) mass is 397 g/mol. The Bertz CT molecular complexity index is 938. The number of carbonyl (C=O) groups is 2. The second-order valence-electron chi connectivity index (χ2n) is 5.89. The number of allylic oxidation sites excluding steroid dienone is 1. The van der Waals surface area contributed by atoms with Crippen molar-refractivity contribution >= 4 is 40.9 Å². The van der Waals surface area contributed by atoms with Gasteiger partial charge in [0.2, 0.25) is 11.8 Å². The van der Waals surface area contributed by atoms with Gasteiger partial charge in [-0.1, -0.05) is 65.8 Å². The lowest BCUT2D eigenvalue weighted by atomic mass is 9.87. The van der Waals surface area contributed by atoms with E-state index in [-0.39, 0.29) is 29.9 Å². The molecule has 2 N–H and O–H groups in total. The maximum atomic E-state index is 12.2. The van der Waals surface area contributed by atoms with Crippen LogP contribution < -0.4 is 10.6 Å². The van der Waals surface area contributed by atoms with E-state index < -0.39 is 0 Å². The molecule has 2 amide bonds. The van der Waals surface area contributed by atoms with Crippen molar-refractivity contribution in [3.63, 3.8) is 0 Å². The molecule has 0 aromatic heterocycles. The van der Waals surface area contributed by atoms with E-state index in [4.69, 9.17) is 11.6 Å². The molecule has 1 heterocycles. The van der Waals surface area contributed by atoms with E-state index >= 15 is 0 Å². The van der Waals surface area contributed by atoms with Gasteiger partial charge in [0.25, 0.3) is 0 Å². The zero-order valence-corrected chi connectivity index (χ0v) is 15.8. The fourth-order valence-corrected chi connectivity index (χ4v) is 3.85. The van der Waals surface area contributed by atoms with Crippen LogP contribution in [0.3, 0.4) is 0 Å². The summed E-state index contributed by atoms with van der Waals surface area (Å²) in [6.07, 6.45) is 0.211. The first-order valence-electron chi connectivity index (χ1n) is 8.24. The summed E-state index contributed by atoms with van der Waals surface area (Å²) in [6.45, 7) is 0. The molecule has 0 saturated heterocycles. The lowest BCUT2D eigenvalue weighted by molar-refractivity contribution is -0.121. The molecule has 0 aliphatic carbocycles. The van der Waals surface area contributed by atoms with E-state index in [1.54, 1.807) is 24.3 Å². The fraction of sp³-hybridized carbons (Fsp3) is 0.150. The Labute approximate surface area is 166 Å². The molecule has 136 valence electrons. The minimum Gasteiger partial charge on any atom is -0.324 e. The Morgan fingerprint density at radius 2 is 1.93 bits per heavy atom. The Balaban J connectivity index is 1.74. The van der Waals surface area contributed by atoms with Crippen LogP contribution in [0.4, 0.5) is 5.69 Å². The number of thioether (sulfide) groups is 1. The highest BCUT2D eigenvalue weighted by Crippen LogP contribution is 2.35. The number of hydrogen-bond donors (Lipinski definition) is 2. The van der Waals surface area contributed by atoms with Gasteiger partial charge in [0, 0.05) is 12.3 Å². The highest BCUT2D eigenvalue weighted by Gasteiger charge is 2.29. The standard InChI is InChI=1S/C20H16ClN3O2S/c21-16-8-4-5-9-17(16)23-19(26)12-27-20-15(11-22)14(10-18(25)24-20)13-6-2-1-3-7-13/h1-9,14H,10,12H2,(H,23,26)(H,24,25)/t14-/m0/s1. The molecule has 5 nitrogen and oxygen atoms in total. The van der Waals surface area contributed by atoms with Crippen LogP contribution in [0.2, 0.25) is 5.02 Å². The maximum absolute atomic E-state index is 12.2. The molecule has 0 bridgehead atoms. The molecule has 0 spiro atoms. The summed E-state index contributed by atoms with van der Waals surface area (Å²) < 4.78 is 0. The first-order chi connectivity index (χ1) is 13.1. The van der Waals surface area contributed by atoms with Crippen molar-refractivity contribution < 1.29 is 9.59 Å². The molecule has 0 fully saturated rings. The van der Waals surface area contributed by atoms with Gasteiger partial charge in [0.05, 0.1) is 33.1 Å². The molecule has 0 radical (unpaired) electrons. The molecule has 1 aliphatic heterocycles. The predicted octanol–water partition coefficient (Wildman–Crippen LogP) is 4.05. The number of benzene rings is 2. The number of para-hydroxylation sites is 1. The number of rotatable bonds is 5. The van der Waals surface area contributed by atoms with Crippen molar-refractivity contribution in [2.75, 3.05) is 11.1 Å². The SMILES string of the molecule is N#CC1=C(SCC(=O)Nc2ccccc2Cl)NC(=O)C[C@H]1c1ccccc1. The van der Waals surface area contributed by atoms with E-state index in [1.807, 2.05) is 30.3 Å². The van der Waals surface area contributed by atoms with E-state index in [9.17, 15) is 14.9 Å². The van der Waals surface area contributed by atoms with Crippen LogP contribution in [0.15, 0.2) is 65.2 Å². The molecule has 2 aromatic rings. The summed E-state index contributed by atoms with van der Waals surface area (Å²) in [5, 5.41) is 16.0. The number of nitrogens with zero attached hydrogens (tertiary/aromatic N) is 1. The quantitative estimate of drug-likeness (QED) is 0.797. The zero-order valence-electron chi connectivity index (χ0n) is 14.2. The summed E-state index contributed by atoms with van der Waals surface area (Å²) in [6, 6.07) is 18.6. The summed E-state index contributed by atoms with van der Waals surface area (Å²) >= 11 is 7.17. The Morgan fingerprint density at radius 3 is 2.63 bits per heavy atom.